The molecule has 1 unspecified atom stereocenters. The molecular weight excluding hydrogens is 327 g/mol. The molecule has 0 radical (unpaired) electrons. The summed E-state index contributed by atoms with van der Waals surface area (Å²) in [6, 6.07) is 7.55. The zero-order chi connectivity index (χ0) is 16.3. The van der Waals surface area contributed by atoms with E-state index in [9.17, 15) is 9.59 Å². The van der Waals surface area contributed by atoms with Gasteiger partial charge < -0.3 is 14.6 Å². The highest BCUT2D eigenvalue weighted by atomic mass is 35.5. The number of nitrogens with zero attached hydrogens (tertiary/aromatic N) is 1. The molecule has 0 aliphatic carbocycles. The molecule has 0 fully saturated rings. The molecule has 2 aromatic rings. The van der Waals surface area contributed by atoms with Gasteiger partial charge in [0.25, 0.3) is 5.56 Å². The summed E-state index contributed by atoms with van der Waals surface area (Å²) >= 11 is 11.7. The second-order valence-corrected chi connectivity index (χ2v) is 5.43. The zero-order valence-corrected chi connectivity index (χ0v) is 13.5. The minimum Gasteiger partial charge on any atom is -0.495 e. The van der Waals surface area contributed by atoms with Crippen molar-refractivity contribution in [2.75, 3.05) is 12.4 Å². The van der Waals surface area contributed by atoms with Gasteiger partial charge >= 0.3 is 0 Å². The van der Waals surface area contributed by atoms with Gasteiger partial charge in [0, 0.05) is 6.20 Å². The van der Waals surface area contributed by atoms with Crippen molar-refractivity contribution in [3.8, 4) is 5.75 Å². The third-order valence-corrected chi connectivity index (χ3v) is 3.60. The topological polar surface area (TPSA) is 60.3 Å². The van der Waals surface area contributed by atoms with Crippen molar-refractivity contribution in [3.63, 3.8) is 0 Å². The third kappa shape index (κ3) is 3.43. The number of para-hydroxylation sites is 2. The Labute approximate surface area is 137 Å². The Balaban J connectivity index is 2.28. The molecule has 0 bridgehead atoms. The molecule has 7 heteroatoms. The van der Waals surface area contributed by atoms with Gasteiger partial charge in [0.2, 0.25) is 5.91 Å². The van der Waals surface area contributed by atoms with Gasteiger partial charge in [0.15, 0.2) is 0 Å². The van der Waals surface area contributed by atoms with Crippen LogP contribution in [0.2, 0.25) is 10.0 Å². The number of hydrogen-bond acceptors (Lipinski definition) is 3. The van der Waals surface area contributed by atoms with Crippen molar-refractivity contribution >= 4 is 34.8 Å². The van der Waals surface area contributed by atoms with Crippen LogP contribution in [0.25, 0.3) is 0 Å². The predicted octanol–water partition coefficient (Wildman–Crippen LogP) is 3.36. The second-order valence-electron chi connectivity index (χ2n) is 4.58. The molecule has 1 N–H and O–H groups in total. The first-order valence-corrected chi connectivity index (χ1v) is 7.20. The molecule has 1 aromatic carbocycles. The van der Waals surface area contributed by atoms with Crippen LogP contribution in [0.1, 0.15) is 13.0 Å². The van der Waals surface area contributed by atoms with Crippen LogP contribution in [0, 0.1) is 0 Å². The molecule has 0 spiro atoms. The number of rotatable bonds is 4. The van der Waals surface area contributed by atoms with Crippen molar-refractivity contribution in [1.29, 1.82) is 0 Å². The average Bonchev–Trinajstić information content (AvgIpc) is 2.50. The summed E-state index contributed by atoms with van der Waals surface area (Å²) in [6.07, 6.45) is 1.38. The lowest BCUT2D eigenvalue weighted by molar-refractivity contribution is -0.118. The van der Waals surface area contributed by atoms with Gasteiger partial charge in [0.1, 0.15) is 16.8 Å². The summed E-state index contributed by atoms with van der Waals surface area (Å²) in [6.45, 7) is 1.58. The lowest BCUT2D eigenvalue weighted by atomic mass is 10.2. The Morgan fingerprint density at radius 1 is 1.32 bits per heavy atom. The maximum absolute atomic E-state index is 12.3. The van der Waals surface area contributed by atoms with Crippen molar-refractivity contribution in [3.05, 3.63) is 56.9 Å². The monoisotopic (exact) mass is 340 g/mol. The number of benzene rings is 1. The first-order valence-electron chi connectivity index (χ1n) is 6.45. The Morgan fingerprint density at radius 3 is 2.68 bits per heavy atom. The number of pyridine rings is 1. The SMILES string of the molecule is COc1ccccc1NC(=O)C(C)n1cc(Cl)cc(Cl)c1=O. The molecule has 0 aliphatic rings. The Kier molecular flexibility index (Phi) is 5.11. The first kappa shape index (κ1) is 16.4. The van der Waals surface area contributed by atoms with Crippen molar-refractivity contribution in [1.82, 2.24) is 4.57 Å². The summed E-state index contributed by atoms with van der Waals surface area (Å²) in [4.78, 5) is 24.4. The first-order chi connectivity index (χ1) is 10.4. The van der Waals surface area contributed by atoms with Crippen LogP contribution in [-0.2, 0) is 4.79 Å². The molecule has 22 heavy (non-hydrogen) atoms. The molecule has 116 valence electrons. The lowest BCUT2D eigenvalue weighted by Gasteiger charge is -2.17. The molecule has 1 amide bonds. The minimum atomic E-state index is -0.784. The van der Waals surface area contributed by atoms with Crippen molar-refractivity contribution < 1.29 is 9.53 Å². The van der Waals surface area contributed by atoms with Crippen molar-refractivity contribution in [2.45, 2.75) is 13.0 Å². The van der Waals surface area contributed by atoms with Gasteiger partial charge in [-0.2, -0.15) is 0 Å². The number of halogens is 2. The third-order valence-electron chi connectivity index (χ3n) is 3.13. The Bertz CT molecular complexity index is 759. The van der Waals surface area contributed by atoms with Gasteiger partial charge in [-0.3, -0.25) is 9.59 Å². The minimum absolute atomic E-state index is 0.0376. The molecule has 5 nitrogen and oxygen atoms in total. The number of anilines is 1. The van der Waals surface area contributed by atoms with E-state index in [0.29, 0.717) is 11.4 Å². The fourth-order valence-corrected chi connectivity index (χ4v) is 2.42. The molecule has 1 heterocycles. The van der Waals surface area contributed by atoms with Crippen molar-refractivity contribution in [2.24, 2.45) is 0 Å². The summed E-state index contributed by atoms with van der Waals surface area (Å²) in [5.74, 6) is 0.143. The molecule has 0 saturated carbocycles. The van der Waals surface area contributed by atoms with Gasteiger partial charge in [-0.1, -0.05) is 35.3 Å². The molecule has 2 rings (SSSR count). The van der Waals surface area contributed by atoms with Gasteiger partial charge in [-0.25, -0.2) is 0 Å². The normalized spacial score (nSPS) is 11.8. The fraction of sp³-hybridized carbons (Fsp3) is 0.200. The summed E-state index contributed by atoms with van der Waals surface area (Å²) in [5.41, 5.74) is 0.0387. The van der Waals surface area contributed by atoms with E-state index in [1.165, 1.54) is 23.9 Å². The standard InChI is InChI=1S/C15H14Cl2N2O3/c1-9(19-8-10(16)7-11(17)15(19)21)14(20)18-12-5-3-4-6-13(12)22-2/h3-9H,1-2H3,(H,18,20). The van der Waals surface area contributed by atoms with Gasteiger partial charge in [0.05, 0.1) is 17.8 Å². The van der Waals surface area contributed by atoms with Crippen LogP contribution in [0.5, 0.6) is 5.75 Å². The second kappa shape index (κ2) is 6.85. The summed E-state index contributed by atoms with van der Waals surface area (Å²) < 4.78 is 6.36. The largest absolute Gasteiger partial charge is 0.495 e. The number of nitrogens with one attached hydrogen (secondary N) is 1. The Morgan fingerprint density at radius 2 is 2.00 bits per heavy atom. The quantitative estimate of drug-likeness (QED) is 0.928. The van der Waals surface area contributed by atoms with Crippen LogP contribution in [0.15, 0.2) is 41.3 Å². The van der Waals surface area contributed by atoms with E-state index in [1.54, 1.807) is 31.2 Å². The average molecular weight is 341 g/mol. The number of amides is 1. The van der Waals surface area contributed by atoms with Crippen LogP contribution in [0.4, 0.5) is 5.69 Å². The van der Waals surface area contributed by atoms with E-state index in [0.717, 1.165) is 0 Å². The maximum atomic E-state index is 12.3. The lowest BCUT2D eigenvalue weighted by Crippen LogP contribution is -2.31. The van der Waals surface area contributed by atoms with Gasteiger partial charge in [-0.15, -0.1) is 0 Å². The number of ether oxygens (including phenoxy) is 1. The van der Waals surface area contributed by atoms with E-state index in [-0.39, 0.29) is 16.0 Å². The highest BCUT2D eigenvalue weighted by molar-refractivity contribution is 6.34. The van der Waals surface area contributed by atoms with E-state index in [1.807, 2.05) is 0 Å². The van der Waals surface area contributed by atoms with Crippen LogP contribution in [0.3, 0.4) is 0 Å². The van der Waals surface area contributed by atoms with Gasteiger partial charge in [-0.05, 0) is 25.1 Å². The van der Waals surface area contributed by atoms with E-state index in [4.69, 9.17) is 27.9 Å². The predicted molar refractivity (Wildman–Crippen MR) is 87.1 cm³/mol. The Hall–Kier alpha value is -1.98. The van der Waals surface area contributed by atoms with E-state index in [2.05, 4.69) is 5.32 Å². The summed E-state index contributed by atoms with van der Waals surface area (Å²) in [5, 5.41) is 2.96. The number of carbonyl (C=O) groups is 1. The maximum Gasteiger partial charge on any atom is 0.270 e. The molecular formula is C15H14Cl2N2O3. The molecule has 1 atom stereocenters. The molecule has 0 aliphatic heterocycles. The highest BCUT2D eigenvalue weighted by Gasteiger charge is 2.19. The number of hydrogen-bond donors (Lipinski definition) is 1. The summed E-state index contributed by atoms with van der Waals surface area (Å²) in [7, 11) is 1.51. The number of carbonyl (C=O) groups excluding carboxylic acids is 1. The van der Waals surface area contributed by atoms with Crippen LogP contribution >= 0.6 is 23.2 Å². The molecule has 1 aromatic heterocycles. The van der Waals surface area contributed by atoms with E-state index < -0.39 is 11.6 Å². The molecule has 0 saturated heterocycles. The van der Waals surface area contributed by atoms with E-state index >= 15 is 0 Å². The highest BCUT2D eigenvalue weighted by Crippen LogP contribution is 2.24. The van der Waals surface area contributed by atoms with Crippen LogP contribution in [-0.4, -0.2) is 17.6 Å². The van der Waals surface area contributed by atoms with Crippen LogP contribution < -0.4 is 15.6 Å². The number of aromatic nitrogens is 1. The smallest absolute Gasteiger partial charge is 0.270 e. The number of methoxy groups -OCH3 is 1. The fourth-order valence-electron chi connectivity index (χ4n) is 1.93. The zero-order valence-electron chi connectivity index (χ0n) is 12.0.